The van der Waals surface area contributed by atoms with E-state index in [0.29, 0.717) is 31.9 Å². The molecule has 0 atom stereocenters. The average molecular weight is 413 g/mol. The minimum Gasteiger partial charge on any atom is -0.336 e. The van der Waals surface area contributed by atoms with Crippen LogP contribution in [0.2, 0.25) is 0 Å². The molecule has 0 saturated carbocycles. The van der Waals surface area contributed by atoms with Gasteiger partial charge in [-0.25, -0.2) is 4.98 Å². The Morgan fingerprint density at radius 1 is 0.900 bits per heavy atom. The van der Waals surface area contributed by atoms with Crippen LogP contribution in [0, 0.1) is 0 Å². The lowest BCUT2D eigenvalue weighted by molar-refractivity contribution is -0.137. The fourth-order valence-corrected chi connectivity index (χ4v) is 3.74. The smallest absolute Gasteiger partial charge is 0.336 e. The lowest BCUT2D eigenvalue weighted by Crippen LogP contribution is -2.35. The third-order valence-electron chi connectivity index (χ3n) is 5.38. The molecule has 1 saturated heterocycles. The molecule has 1 aromatic heterocycles. The fourth-order valence-electron chi connectivity index (χ4n) is 3.74. The first kappa shape index (κ1) is 20.3. The molecule has 0 radical (unpaired) electrons. The van der Waals surface area contributed by atoms with Crippen molar-refractivity contribution < 1.29 is 18.0 Å². The summed E-state index contributed by atoms with van der Waals surface area (Å²) in [5.41, 5.74) is 1.42. The van der Waals surface area contributed by atoms with Crippen molar-refractivity contribution in [1.82, 2.24) is 14.8 Å². The van der Waals surface area contributed by atoms with Gasteiger partial charge >= 0.3 is 6.18 Å². The molecule has 0 bridgehead atoms. The SMILES string of the molecule is O=C(c1ccc2ccccc2n1)N1CCCN(Cc2ccc(C(F)(F)F)cc2)CC1. The predicted molar refractivity (Wildman–Crippen MR) is 109 cm³/mol. The second kappa shape index (κ2) is 8.44. The number of benzene rings is 2. The highest BCUT2D eigenvalue weighted by Gasteiger charge is 2.30. The number of hydrogen-bond donors (Lipinski definition) is 0. The molecule has 7 heteroatoms. The van der Waals surface area contributed by atoms with Gasteiger partial charge in [0.25, 0.3) is 5.91 Å². The molecule has 1 amide bonds. The standard InChI is InChI=1S/C23H22F3N3O/c24-23(25,26)19-9-6-17(7-10-19)16-28-12-3-13-29(15-14-28)22(30)21-11-8-18-4-1-2-5-20(18)27-21/h1-2,4-11H,3,12-16H2. The summed E-state index contributed by atoms with van der Waals surface area (Å²) in [5.74, 6) is -0.0860. The van der Waals surface area contributed by atoms with E-state index in [1.165, 1.54) is 12.1 Å². The van der Waals surface area contributed by atoms with E-state index in [4.69, 9.17) is 0 Å². The highest BCUT2D eigenvalue weighted by molar-refractivity contribution is 5.94. The van der Waals surface area contributed by atoms with E-state index in [-0.39, 0.29) is 5.91 Å². The van der Waals surface area contributed by atoms with Crippen molar-refractivity contribution in [2.24, 2.45) is 0 Å². The number of aromatic nitrogens is 1. The Hall–Kier alpha value is -2.93. The van der Waals surface area contributed by atoms with Crippen LogP contribution in [0.4, 0.5) is 13.2 Å². The summed E-state index contributed by atoms with van der Waals surface area (Å²) in [5, 5.41) is 0.993. The number of rotatable bonds is 3. The van der Waals surface area contributed by atoms with E-state index >= 15 is 0 Å². The number of pyridine rings is 1. The molecule has 1 fully saturated rings. The summed E-state index contributed by atoms with van der Waals surface area (Å²) in [6.45, 7) is 3.22. The molecule has 2 aromatic carbocycles. The minimum atomic E-state index is -4.32. The largest absolute Gasteiger partial charge is 0.416 e. The van der Waals surface area contributed by atoms with Gasteiger partial charge in [-0.15, -0.1) is 0 Å². The zero-order chi connectivity index (χ0) is 21.1. The molecule has 30 heavy (non-hydrogen) atoms. The van der Waals surface area contributed by atoms with E-state index in [1.807, 2.05) is 35.2 Å². The summed E-state index contributed by atoms with van der Waals surface area (Å²) in [4.78, 5) is 21.4. The third kappa shape index (κ3) is 4.62. The molecule has 156 valence electrons. The van der Waals surface area contributed by atoms with Crippen LogP contribution in [0.25, 0.3) is 10.9 Å². The lowest BCUT2D eigenvalue weighted by Gasteiger charge is -2.22. The topological polar surface area (TPSA) is 36.4 Å². The molecule has 0 N–H and O–H groups in total. The number of fused-ring (bicyclic) bond motifs is 1. The van der Waals surface area contributed by atoms with Crippen LogP contribution >= 0.6 is 0 Å². The molecule has 0 aliphatic carbocycles. The van der Waals surface area contributed by atoms with Gasteiger partial charge in [0, 0.05) is 38.1 Å². The number of alkyl halides is 3. The molecular weight excluding hydrogens is 391 g/mol. The van der Waals surface area contributed by atoms with Gasteiger partial charge in [-0.1, -0.05) is 36.4 Å². The Morgan fingerprint density at radius 2 is 1.67 bits per heavy atom. The van der Waals surface area contributed by atoms with Crippen molar-refractivity contribution in [3.05, 3.63) is 77.5 Å². The van der Waals surface area contributed by atoms with Crippen molar-refractivity contribution >= 4 is 16.8 Å². The van der Waals surface area contributed by atoms with Gasteiger partial charge in [-0.3, -0.25) is 9.69 Å². The molecule has 0 unspecified atom stereocenters. The first-order valence-electron chi connectivity index (χ1n) is 9.94. The van der Waals surface area contributed by atoms with Crippen molar-refractivity contribution in [2.45, 2.75) is 19.1 Å². The maximum atomic E-state index is 12.9. The zero-order valence-electron chi connectivity index (χ0n) is 16.4. The monoisotopic (exact) mass is 413 g/mol. The second-order valence-corrected chi connectivity index (χ2v) is 7.51. The maximum absolute atomic E-state index is 12.9. The van der Waals surface area contributed by atoms with Gasteiger partial charge in [-0.2, -0.15) is 13.2 Å². The Bertz CT molecular complexity index is 1030. The maximum Gasteiger partial charge on any atom is 0.416 e. The molecule has 4 rings (SSSR count). The normalized spacial score (nSPS) is 15.9. The summed E-state index contributed by atoms with van der Waals surface area (Å²) in [7, 11) is 0. The number of nitrogens with zero attached hydrogens (tertiary/aromatic N) is 3. The highest BCUT2D eigenvalue weighted by atomic mass is 19.4. The van der Waals surface area contributed by atoms with E-state index in [1.54, 1.807) is 6.07 Å². The van der Waals surface area contributed by atoms with Gasteiger partial charge in [0.15, 0.2) is 0 Å². The summed E-state index contributed by atoms with van der Waals surface area (Å²) < 4.78 is 38.2. The molecule has 2 heterocycles. The van der Waals surface area contributed by atoms with Gasteiger partial charge < -0.3 is 4.90 Å². The summed E-state index contributed by atoms with van der Waals surface area (Å²) >= 11 is 0. The van der Waals surface area contributed by atoms with Gasteiger partial charge in [0.2, 0.25) is 0 Å². The molecule has 1 aliphatic heterocycles. The van der Waals surface area contributed by atoms with Crippen LogP contribution in [0.5, 0.6) is 0 Å². The first-order valence-corrected chi connectivity index (χ1v) is 9.94. The molecule has 1 aliphatic rings. The van der Waals surface area contributed by atoms with E-state index < -0.39 is 11.7 Å². The second-order valence-electron chi connectivity index (χ2n) is 7.51. The average Bonchev–Trinajstić information content (AvgIpc) is 2.98. The number of hydrogen-bond acceptors (Lipinski definition) is 3. The first-order chi connectivity index (χ1) is 14.4. The number of para-hydroxylation sites is 1. The zero-order valence-corrected chi connectivity index (χ0v) is 16.4. The number of carbonyl (C=O) groups excluding carboxylic acids is 1. The van der Waals surface area contributed by atoms with E-state index in [9.17, 15) is 18.0 Å². The van der Waals surface area contributed by atoms with E-state index in [2.05, 4.69) is 9.88 Å². The molecule has 0 spiro atoms. The van der Waals surface area contributed by atoms with Crippen molar-refractivity contribution in [1.29, 1.82) is 0 Å². The van der Waals surface area contributed by atoms with Gasteiger partial charge in [0.1, 0.15) is 5.69 Å². The number of amides is 1. The summed E-state index contributed by atoms with van der Waals surface area (Å²) in [6, 6.07) is 16.6. The summed E-state index contributed by atoms with van der Waals surface area (Å²) in [6.07, 6.45) is -3.52. The van der Waals surface area contributed by atoms with Crippen LogP contribution < -0.4 is 0 Å². The molecular formula is C23H22F3N3O. The van der Waals surface area contributed by atoms with Crippen LogP contribution in [0.1, 0.15) is 28.0 Å². The van der Waals surface area contributed by atoms with Gasteiger partial charge in [-0.05, 0) is 36.2 Å². The minimum absolute atomic E-state index is 0.0860. The Labute approximate surface area is 172 Å². The predicted octanol–water partition coefficient (Wildman–Crippen LogP) is 4.60. The van der Waals surface area contributed by atoms with Gasteiger partial charge in [0.05, 0.1) is 11.1 Å². The van der Waals surface area contributed by atoms with E-state index in [0.717, 1.165) is 41.6 Å². The fraction of sp³-hybridized carbons (Fsp3) is 0.304. The lowest BCUT2D eigenvalue weighted by atomic mass is 10.1. The van der Waals surface area contributed by atoms with Crippen LogP contribution in [0.3, 0.4) is 0 Å². The number of halogens is 3. The van der Waals surface area contributed by atoms with Crippen LogP contribution in [-0.4, -0.2) is 46.9 Å². The number of carbonyl (C=O) groups is 1. The van der Waals surface area contributed by atoms with Crippen LogP contribution in [0.15, 0.2) is 60.7 Å². The third-order valence-corrected chi connectivity index (χ3v) is 5.38. The Morgan fingerprint density at radius 3 is 2.43 bits per heavy atom. The molecule has 3 aromatic rings. The molecule has 4 nitrogen and oxygen atoms in total. The quantitative estimate of drug-likeness (QED) is 0.630. The Balaban J connectivity index is 1.39. The van der Waals surface area contributed by atoms with Crippen LogP contribution in [-0.2, 0) is 12.7 Å². The van der Waals surface area contributed by atoms with Crippen molar-refractivity contribution in [3.8, 4) is 0 Å². The Kier molecular flexibility index (Phi) is 5.72. The van der Waals surface area contributed by atoms with Crippen molar-refractivity contribution in [3.63, 3.8) is 0 Å². The van der Waals surface area contributed by atoms with Crippen molar-refractivity contribution in [2.75, 3.05) is 26.2 Å². The highest BCUT2D eigenvalue weighted by Crippen LogP contribution is 2.29.